The van der Waals surface area contributed by atoms with Crippen molar-refractivity contribution in [3.63, 3.8) is 0 Å². The van der Waals surface area contributed by atoms with Crippen LogP contribution in [0.1, 0.15) is 19.8 Å². The summed E-state index contributed by atoms with van der Waals surface area (Å²) >= 11 is 0. The third kappa shape index (κ3) is 5.64. The zero-order valence-corrected chi connectivity index (χ0v) is 13.2. The van der Waals surface area contributed by atoms with E-state index in [1.807, 2.05) is 4.90 Å². The van der Waals surface area contributed by atoms with E-state index >= 15 is 0 Å². The van der Waals surface area contributed by atoms with Crippen LogP contribution in [0.15, 0.2) is 24.3 Å². The van der Waals surface area contributed by atoms with Crippen molar-refractivity contribution in [2.75, 3.05) is 18.4 Å². The van der Waals surface area contributed by atoms with Crippen molar-refractivity contribution in [1.29, 1.82) is 10.8 Å². The molecule has 2 rings (SSSR count). The zero-order chi connectivity index (χ0) is 17.7. The van der Waals surface area contributed by atoms with Gasteiger partial charge in [-0.1, -0.05) is 6.92 Å². The first-order valence-electron chi connectivity index (χ1n) is 7.55. The molecule has 0 spiro atoms. The van der Waals surface area contributed by atoms with E-state index in [9.17, 15) is 13.2 Å². The van der Waals surface area contributed by atoms with Crippen molar-refractivity contribution < 1.29 is 17.9 Å². The number of alkyl halides is 3. The molecule has 0 amide bonds. The van der Waals surface area contributed by atoms with Crippen LogP contribution < -0.4 is 15.4 Å². The quantitative estimate of drug-likeness (QED) is 0.491. The third-order valence-corrected chi connectivity index (χ3v) is 3.70. The third-order valence-electron chi connectivity index (χ3n) is 3.70. The van der Waals surface area contributed by atoms with Crippen LogP contribution in [0, 0.1) is 16.7 Å². The van der Waals surface area contributed by atoms with Crippen molar-refractivity contribution in [2.45, 2.75) is 26.1 Å². The van der Waals surface area contributed by atoms with E-state index in [1.165, 1.54) is 12.1 Å². The highest BCUT2D eigenvalue weighted by atomic mass is 19.4. The van der Waals surface area contributed by atoms with Crippen molar-refractivity contribution in [3.05, 3.63) is 24.3 Å². The molecule has 1 heterocycles. The molecule has 132 valence electrons. The Balaban J connectivity index is 1.82. The molecule has 1 fully saturated rings. The summed E-state index contributed by atoms with van der Waals surface area (Å²) in [4.78, 5) is 1.86. The van der Waals surface area contributed by atoms with E-state index in [1.54, 1.807) is 0 Å². The number of rotatable bonds is 2. The Labute approximate surface area is 138 Å². The minimum absolute atomic E-state index is 0.122. The lowest BCUT2D eigenvalue weighted by atomic mass is 10.00. The van der Waals surface area contributed by atoms with E-state index in [-0.39, 0.29) is 17.7 Å². The number of likely N-dealkylation sites (tertiary alicyclic amines) is 1. The molecule has 1 saturated heterocycles. The largest absolute Gasteiger partial charge is 0.573 e. The van der Waals surface area contributed by atoms with Crippen LogP contribution in [-0.2, 0) is 0 Å². The van der Waals surface area contributed by atoms with Crippen LogP contribution in [0.2, 0.25) is 0 Å². The first-order valence-corrected chi connectivity index (χ1v) is 7.55. The normalized spacial score (nSPS) is 15.8. The van der Waals surface area contributed by atoms with E-state index in [2.05, 4.69) is 22.3 Å². The van der Waals surface area contributed by atoms with Crippen LogP contribution in [0.5, 0.6) is 5.75 Å². The Kier molecular flexibility index (Phi) is 5.53. The van der Waals surface area contributed by atoms with Gasteiger partial charge in [0.05, 0.1) is 0 Å². The molecule has 0 radical (unpaired) electrons. The maximum Gasteiger partial charge on any atom is 0.573 e. The molecular formula is C15H20F3N5O. The Morgan fingerprint density at radius 2 is 1.75 bits per heavy atom. The maximum absolute atomic E-state index is 12.1. The van der Waals surface area contributed by atoms with Crippen LogP contribution in [0.3, 0.4) is 0 Å². The summed E-state index contributed by atoms with van der Waals surface area (Å²) in [6, 6.07) is 5.04. The standard InChI is InChI=1S/C15H20F3N5O/c1-10-6-8-23(9-7-10)14(20)22-13(19)21-11-2-4-12(5-3-11)24-15(16,17)18/h2-5,10H,6-9H2,1H3,(H4,19,20,21,22). The zero-order valence-electron chi connectivity index (χ0n) is 13.2. The maximum atomic E-state index is 12.1. The van der Waals surface area contributed by atoms with Crippen molar-refractivity contribution in [1.82, 2.24) is 10.2 Å². The SMILES string of the molecule is CC1CCN(C(=N)NC(=N)Nc2ccc(OC(F)(F)F)cc2)CC1. The Hall–Kier alpha value is -2.45. The van der Waals surface area contributed by atoms with Gasteiger partial charge in [0.15, 0.2) is 11.9 Å². The van der Waals surface area contributed by atoms with Gasteiger partial charge in [-0.25, -0.2) is 0 Å². The van der Waals surface area contributed by atoms with Crippen LogP contribution >= 0.6 is 0 Å². The first kappa shape index (κ1) is 17.9. The molecule has 0 atom stereocenters. The summed E-state index contributed by atoms with van der Waals surface area (Å²) in [5, 5.41) is 21.1. The number of anilines is 1. The molecule has 1 aromatic carbocycles. The van der Waals surface area contributed by atoms with E-state index in [0.29, 0.717) is 11.6 Å². The van der Waals surface area contributed by atoms with Gasteiger partial charge >= 0.3 is 6.36 Å². The minimum Gasteiger partial charge on any atom is -0.406 e. The highest BCUT2D eigenvalue weighted by Gasteiger charge is 2.30. The summed E-state index contributed by atoms with van der Waals surface area (Å²) in [6.45, 7) is 3.71. The molecule has 6 nitrogen and oxygen atoms in total. The topological polar surface area (TPSA) is 84.2 Å². The molecule has 9 heteroatoms. The molecule has 24 heavy (non-hydrogen) atoms. The molecular weight excluding hydrogens is 323 g/mol. The molecule has 0 unspecified atom stereocenters. The molecule has 1 aliphatic heterocycles. The van der Waals surface area contributed by atoms with Crippen LogP contribution in [0.25, 0.3) is 0 Å². The van der Waals surface area contributed by atoms with Gasteiger partial charge in [0, 0.05) is 18.8 Å². The number of nitrogens with zero attached hydrogens (tertiary/aromatic N) is 1. The van der Waals surface area contributed by atoms with Gasteiger partial charge < -0.3 is 15.0 Å². The first-order chi connectivity index (χ1) is 11.2. The lowest BCUT2D eigenvalue weighted by molar-refractivity contribution is -0.274. The predicted molar refractivity (Wildman–Crippen MR) is 85.3 cm³/mol. The van der Waals surface area contributed by atoms with Gasteiger partial charge in [0.25, 0.3) is 0 Å². The lowest BCUT2D eigenvalue weighted by Gasteiger charge is -2.32. The minimum atomic E-state index is -4.73. The molecule has 1 aromatic rings. The van der Waals surface area contributed by atoms with Crippen molar-refractivity contribution in [3.8, 4) is 5.75 Å². The summed E-state index contributed by atoms with van der Waals surface area (Å²) in [7, 11) is 0. The van der Waals surface area contributed by atoms with Gasteiger partial charge in [-0.2, -0.15) is 0 Å². The Morgan fingerprint density at radius 1 is 1.17 bits per heavy atom. The van der Waals surface area contributed by atoms with Gasteiger partial charge in [-0.05, 0) is 43.0 Å². The van der Waals surface area contributed by atoms with Crippen molar-refractivity contribution in [2.24, 2.45) is 5.92 Å². The van der Waals surface area contributed by atoms with E-state index in [4.69, 9.17) is 10.8 Å². The van der Waals surface area contributed by atoms with Crippen LogP contribution in [-0.4, -0.2) is 36.3 Å². The molecule has 0 saturated carbocycles. The van der Waals surface area contributed by atoms with Gasteiger partial charge in [0.1, 0.15) is 5.75 Å². The monoisotopic (exact) mass is 343 g/mol. The molecule has 0 aromatic heterocycles. The van der Waals surface area contributed by atoms with Gasteiger partial charge in [-0.3, -0.25) is 16.1 Å². The molecule has 1 aliphatic rings. The number of hydrogen-bond donors (Lipinski definition) is 4. The fraction of sp³-hybridized carbons (Fsp3) is 0.467. The second kappa shape index (κ2) is 7.41. The number of benzene rings is 1. The lowest BCUT2D eigenvalue weighted by Crippen LogP contribution is -2.48. The smallest absolute Gasteiger partial charge is 0.406 e. The highest BCUT2D eigenvalue weighted by molar-refractivity contribution is 6.02. The number of guanidine groups is 2. The number of ether oxygens (including phenoxy) is 1. The molecule has 0 aliphatic carbocycles. The molecule has 4 N–H and O–H groups in total. The van der Waals surface area contributed by atoms with E-state index in [0.717, 1.165) is 38.1 Å². The van der Waals surface area contributed by atoms with E-state index < -0.39 is 6.36 Å². The summed E-state index contributed by atoms with van der Waals surface area (Å²) in [6.07, 6.45) is -2.72. The van der Waals surface area contributed by atoms with Crippen LogP contribution in [0.4, 0.5) is 18.9 Å². The summed E-state index contributed by atoms with van der Waals surface area (Å²) < 4.78 is 40.0. The fourth-order valence-electron chi connectivity index (χ4n) is 2.35. The molecule has 0 bridgehead atoms. The second-order valence-corrected chi connectivity index (χ2v) is 5.72. The average molecular weight is 343 g/mol. The van der Waals surface area contributed by atoms with Gasteiger partial charge in [-0.15, -0.1) is 13.2 Å². The second-order valence-electron chi connectivity index (χ2n) is 5.72. The fourth-order valence-corrected chi connectivity index (χ4v) is 2.35. The van der Waals surface area contributed by atoms with Crippen molar-refractivity contribution >= 4 is 17.6 Å². The number of hydrogen-bond acceptors (Lipinski definition) is 3. The predicted octanol–water partition coefficient (Wildman–Crippen LogP) is 3.19. The summed E-state index contributed by atoms with van der Waals surface area (Å²) in [5.74, 6) is 0.325. The number of halogens is 3. The number of piperidine rings is 1. The highest BCUT2D eigenvalue weighted by Crippen LogP contribution is 2.23. The van der Waals surface area contributed by atoms with Gasteiger partial charge in [0.2, 0.25) is 0 Å². The Morgan fingerprint density at radius 3 is 2.29 bits per heavy atom. The average Bonchev–Trinajstić information content (AvgIpc) is 2.48. The Bertz CT molecular complexity index is 580. The number of nitrogens with one attached hydrogen (secondary N) is 4. The summed E-state index contributed by atoms with van der Waals surface area (Å²) in [5.41, 5.74) is 0.419.